The number of aromatic nitrogens is 1. The first-order valence-electron chi connectivity index (χ1n) is 9.85. The summed E-state index contributed by atoms with van der Waals surface area (Å²) in [5.41, 5.74) is 5.35. The summed E-state index contributed by atoms with van der Waals surface area (Å²) in [4.78, 5) is 16.7. The molecule has 0 atom stereocenters. The third kappa shape index (κ3) is 5.81. The number of amides is 1. The number of hydrogen-bond donors (Lipinski definition) is 1. The van der Waals surface area contributed by atoms with Crippen LogP contribution >= 0.6 is 0 Å². The summed E-state index contributed by atoms with van der Waals surface area (Å²) in [6, 6.07) is 16.4. The van der Waals surface area contributed by atoms with Crippen molar-refractivity contribution in [3.8, 4) is 11.5 Å². The van der Waals surface area contributed by atoms with Gasteiger partial charge < -0.3 is 9.73 Å². The summed E-state index contributed by atoms with van der Waals surface area (Å²) in [5, 5.41) is 2.96. The predicted molar refractivity (Wildman–Crippen MR) is 112 cm³/mol. The van der Waals surface area contributed by atoms with E-state index in [2.05, 4.69) is 36.3 Å². The van der Waals surface area contributed by atoms with Crippen molar-refractivity contribution < 1.29 is 9.21 Å². The standard InChI is InChI=1S/C24H28N2O2/c1-17(2)14-19-6-8-20(9-7-19)15-23(27)25-13-12-22-16-28-24(26-22)21-10-4-18(3)5-11-21/h4-11,16-17H,12-15H2,1-3H3,(H,25,27). The molecule has 2 aromatic carbocycles. The molecule has 0 spiro atoms. The fraction of sp³-hybridized carbons (Fsp3) is 0.333. The van der Waals surface area contributed by atoms with E-state index in [9.17, 15) is 4.79 Å². The molecule has 0 aliphatic carbocycles. The van der Waals surface area contributed by atoms with Gasteiger partial charge in [0.15, 0.2) is 0 Å². The molecular weight excluding hydrogens is 348 g/mol. The fourth-order valence-electron chi connectivity index (χ4n) is 3.09. The van der Waals surface area contributed by atoms with Crippen molar-refractivity contribution >= 4 is 5.91 Å². The number of nitrogens with zero attached hydrogens (tertiary/aromatic N) is 1. The lowest BCUT2D eigenvalue weighted by atomic mass is 10.0. The summed E-state index contributed by atoms with van der Waals surface area (Å²) >= 11 is 0. The van der Waals surface area contributed by atoms with E-state index < -0.39 is 0 Å². The molecule has 0 saturated carbocycles. The molecule has 4 heteroatoms. The Labute approximate surface area is 167 Å². The quantitative estimate of drug-likeness (QED) is 0.617. The Bertz CT molecular complexity index is 893. The number of aryl methyl sites for hydroxylation is 1. The first kappa shape index (κ1) is 19.9. The third-order valence-corrected chi connectivity index (χ3v) is 4.59. The van der Waals surface area contributed by atoms with Gasteiger partial charge in [-0.3, -0.25) is 4.79 Å². The van der Waals surface area contributed by atoms with Crippen LogP contribution in [0.5, 0.6) is 0 Å². The van der Waals surface area contributed by atoms with Crippen LogP contribution < -0.4 is 5.32 Å². The van der Waals surface area contributed by atoms with Crippen molar-refractivity contribution in [1.29, 1.82) is 0 Å². The Hall–Kier alpha value is -2.88. The van der Waals surface area contributed by atoms with Gasteiger partial charge in [0.1, 0.15) is 6.26 Å². The van der Waals surface area contributed by atoms with E-state index in [1.54, 1.807) is 6.26 Å². The highest BCUT2D eigenvalue weighted by Crippen LogP contribution is 2.19. The number of rotatable bonds is 8. The number of nitrogens with one attached hydrogen (secondary N) is 1. The minimum atomic E-state index is 0.0267. The van der Waals surface area contributed by atoms with E-state index in [1.807, 2.05) is 43.3 Å². The Morgan fingerprint density at radius 1 is 1.04 bits per heavy atom. The average Bonchev–Trinajstić information content (AvgIpc) is 3.12. The number of hydrogen-bond acceptors (Lipinski definition) is 3. The van der Waals surface area contributed by atoms with Crippen molar-refractivity contribution in [2.75, 3.05) is 6.54 Å². The summed E-state index contributed by atoms with van der Waals surface area (Å²) in [5.74, 6) is 1.28. The topological polar surface area (TPSA) is 55.1 Å². The van der Waals surface area contributed by atoms with Gasteiger partial charge in [-0.05, 0) is 42.5 Å². The smallest absolute Gasteiger partial charge is 0.226 e. The highest BCUT2D eigenvalue weighted by Gasteiger charge is 2.08. The van der Waals surface area contributed by atoms with Gasteiger partial charge in [0.05, 0.1) is 12.1 Å². The monoisotopic (exact) mass is 376 g/mol. The molecule has 28 heavy (non-hydrogen) atoms. The molecule has 0 bridgehead atoms. The predicted octanol–water partition coefficient (Wildman–Crippen LogP) is 4.75. The molecule has 4 nitrogen and oxygen atoms in total. The van der Waals surface area contributed by atoms with Crippen molar-refractivity contribution in [3.05, 3.63) is 77.2 Å². The second-order valence-electron chi connectivity index (χ2n) is 7.70. The number of oxazole rings is 1. The second-order valence-corrected chi connectivity index (χ2v) is 7.70. The molecule has 1 amide bonds. The van der Waals surface area contributed by atoms with E-state index in [1.165, 1.54) is 11.1 Å². The van der Waals surface area contributed by atoms with Crippen LogP contribution in [0.2, 0.25) is 0 Å². The Balaban J connectivity index is 1.45. The first-order valence-corrected chi connectivity index (χ1v) is 9.85. The van der Waals surface area contributed by atoms with Crippen LogP contribution in [0.25, 0.3) is 11.5 Å². The minimum Gasteiger partial charge on any atom is -0.444 e. The third-order valence-electron chi connectivity index (χ3n) is 4.59. The van der Waals surface area contributed by atoms with Gasteiger partial charge in [0.2, 0.25) is 11.8 Å². The molecule has 0 unspecified atom stereocenters. The lowest BCUT2D eigenvalue weighted by Gasteiger charge is -2.07. The zero-order chi connectivity index (χ0) is 19.9. The van der Waals surface area contributed by atoms with E-state index in [-0.39, 0.29) is 5.91 Å². The molecule has 0 saturated heterocycles. The van der Waals surface area contributed by atoms with Crippen molar-refractivity contribution in [2.24, 2.45) is 5.92 Å². The lowest BCUT2D eigenvalue weighted by molar-refractivity contribution is -0.120. The minimum absolute atomic E-state index is 0.0267. The summed E-state index contributed by atoms with van der Waals surface area (Å²) < 4.78 is 5.56. The van der Waals surface area contributed by atoms with Gasteiger partial charge in [-0.15, -0.1) is 0 Å². The van der Waals surface area contributed by atoms with Crippen molar-refractivity contribution in [3.63, 3.8) is 0 Å². The summed E-state index contributed by atoms with van der Waals surface area (Å²) in [7, 11) is 0. The van der Waals surface area contributed by atoms with Gasteiger partial charge in [-0.25, -0.2) is 4.98 Å². The lowest BCUT2D eigenvalue weighted by Crippen LogP contribution is -2.27. The van der Waals surface area contributed by atoms with Crippen molar-refractivity contribution in [2.45, 2.75) is 40.0 Å². The molecule has 0 radical (unpaired) electrons. The highest BCUT2D eigenvalue weighted by molar-refractivity contribution is 5.78. The van der Waals surface area contributed by atoms with Crippen LogP contribution in [0, 0.1) is 12.8 Å². The van der Waals surface area contributed by atoms with Gasteiger partial charge in [0, 0.05) is 18.5 Å². The number of carbonyl (C=O) groups is 1. The maximum Gasteiger partial charge on any atom is 0.226 e. The molecule has 3 aromatic rings. The molecule has 1 N–H and O–H groups in total. The Morgan fingerprint density at radius 2 is 1.71 bits per heavy atom. The molecule has 0 aliphatic rings. The number of carbonyl (C=O) groups excluding carboxylic acids is 1. The van der Waals surface area contributed by atoms with E-state index >= 15 is 0 Å². The largest absolute Gasteiger partial charge is 0.444 e. The van der Waals surface area contributed by atoms with Gasteiger partial charge in [0.25, 0.3) is 0 Å². The SMILES string of the molecule is Cc1ccc(-c2nc(CCNC(=O)Cc3ccc(CC(C)C)cc3)co2)cc1. The maximum atomic E-state index is 12.2. The van der Waals surface area contributed by atoms with Gasteiger partial charge in [-0.2, -0.15) is 0 Å². The number of benzene rings is 2. The molecular formula is C24H28N2O2. The first-order chi connectivity index (χ1) is 13.5. The zero-order valence-corrected chi connectivity index (χ0v) is 16.9. The van der Waals surface area contributed by atoms with E-state index in [0.29, 0.717) is 31.2 Å². The maximum absolute atomic E-state index is 12.2. The van der Waals surface area contributed by atoms with E-state index in [4.69, 9.17) is 4.42 Å². The fourth-order valence-corrected chi connectivity index (χ4v) is 3.09. The molecule has 3 rings (SSSR count). The second kappa shape index (κ2) is 9.36. The van der Waals surface area contributed by atoms with Crippen LogP contribution in [0.3, 0.4) is 0 Å². The van der Waals surface area contributed by atoms with Gasteiger partial charge >= 0.3 is 0 Å². The molecule has 0 fully saturated rings. The van der Waals surface area contributed by atoms with E-state index in [0.717, 1.165) is 23.2 Å². The zero-order valence-electron chi connectivity index (χ0n) is 16.9. The Kier molecular flexibility index (Phi) is 6.64. The van der Waals surface area contributed by atoms with Crippen LogP contribution in [-0.2, 0) is 24.1 Å². The average molecular weight is 377 g/mol. The molecule has 1 aromatic heterocycles. The molecule has 146 valence electrons. The van der Waals surface area contributed by atoms with Gasteiger partial charge in [-0.1, -0.05) is 55.8 Å². The van der Waals surface area contributed by atoms with Crippen LogP contribution in [0.4, 0.5) is 0 Å². The highest BCUT2D eigenvalue weighted by atomic mass is 16.3. The molecule has 0 aliphatic heterocycles. The van der Waals surface area contributed by atoms with Crippen molar-refractivity contribution in [1.82, 2.24) is 10.3 Å². The van der Waals surface area contributed by atoms with Crippen LogP contribution in [0.15, 0.2) is 59.2 Å². The van der Waals surface area contributed by atoms with Crippen LogP contribution in [0.1, 0.15) is 36.2 Å². The summed E-state index contributed by atoms with van der Waals surface area (Å²) in [6.45, 7) is 7.01. The molecule has 1 heterocycles. The Morgan fingerprint density at radius 3 is 2.39 bits per heavy atom. The normalized spacial score (nSPS) is 11.0. The van der Waals surface area contributed by atoms with Crippen LogP contribution in [-0.4, -0.2) is 17.4 Å². The summed E-state index contributed by atoms with van der Waals surface area (Å²) in [6.07, 6.45) is 3.77.